The number of H-pyrrole nitrogens is 1. The molecule has 1 aliphatic heterocycles. The standard InChI is InChI=1S/C26H33N7OS/c1-14(2)21-22(19-11-33-24(28-13-29-33)16(4)15(19)3)30-26-23(21)31-25(35-26)17-5-7-18(8-6-17)32-10-9-27-20(34)12-32/h11,13-14,17-18,30H,5-10,12H2,1-4H3,(H,27,34). The van der Waals surface area contributed by atoms with Crippen molar-refractivity contribution in [3.05, 3.63) is 34.2 Å². The number of fused-ring (bicyclic) bond motifs is 2. The van der Waals surface area contributed by atoms with Crippen LogP contribution < -0.4 is 5.32 Å². The summed E-state index contributed by atoms with van der Waals surface area (Å²) in [5, 5.41) is 8.60. The summed E-state index contributed by atoms with van der Waals surface area (Å²) in [6.07, 6.45) is 8.28. The Morgan fingerprint density at radius 2 is 1.94 bits per heavy atom. The summed E-state index contributed by atoms with van der Waals surface area (Å²) in [7, 11) is 0. The zero-order valence-corrected chi connectivity index (χ0v) is 21.7. The zero-order chi connectivity index (χ0) is 24.3. The molecule has 184 valence electrons. The SMILES string of the molecule is Cc1c(-c2[nH]c3sc(C4CCC(N5CCNC(=O)C5)CC4)nc3c2C(C)C)cn2ncnc2c1C. The van der Waals surface area contributed by atoms with Gasteiger partial charge in [-0.2, -0.15) is 5.10 Å². The number of nitrogens with zero attached hydrogens (tertiary/aromatic N) is 5. The van der Waals surface area contributed by atoms with Crippen LogP contribution in [0.2, 0.25) is 0 Å². The van der Waals surface area contributed by atoms with Crippen molar-refractivity contribution in [2.45, 2.75) is 71.3 Å². The number of carbonyl (C=O) groups is 1. The number of aryl methyl sites for hydroxylation is 1. The van der Waals surface area contributed by atoms with Gasteiger partial charge >= 0.3 is 0 Å². The number of aromatic nitrogens is 5. The number of rotatable bonds is 4. The fraction of sp³-hybridized carbons (Fsp3) is 0.538. The van der Waals surface area contributed by atoms with E-state index in [1.165, 1.54) is 26.5 Å². The molecule has 8 nitrogen and oxygen atoms in total. The Bertz CT molecular complexity index is 1410. The van der Waals surface area contributed by atoms with Crippen LogP contribution in [0.15, 0.2) is 12.5 Å². The second-order valence-corrected chi connectivity index (χ2v) is 11.5. The minimum atomic E-state index is 0.165. The molecule has 2 fully saturated rings. The van der Waals surface area contributed by atoms with Crippen LogP contribution >= 0.6 is 11.3 Å². The van der Waals surface area contributed by atoms with Crippen molar-refractivity contribution in [3.8, 4) is 11.3 Å². The fourth-order valence-electron chi connectivity index (χ4n) is 5.96. The lowest BCUT2D eigenvalue weighted by atomic mass is 9.85. The first-order chi connectivity index (χ1) is 16.9. The Morgan fingerprint density at radius 1 is 1.14 bits per heavy atom. The van der Waals surface area contributed by atoms with Crippen molar-refractivity contribution in [1.29, 1.82) is 0 Å². The Kier molecular flexibility index (Phi) is 5.64. The Morgan fingerprint density at radius 3 is 2.69 bits per heavy atom. The van der Waals surface area contributed by atoms with Crippen molar-refractivity contribution in [3.63, 3.8) is 0 Å². The quantitative estimate of drug-likeness (QED) is 0.438. The number of hydrogen-bond acceptors (Lipinski definition) is 6. The first-order valence-corrected chi connectivity index (χ1v) is 13.5. The lowest BCUT2D eigenvalue weighted by Gasteiger charge is -2.38. The molecule has 9 heteroatoms. The van der Waals surface area contributed by atoms with Gasteiger partial charge in [0.25, 0.3) is 0 Å². The van der Waals surface area contributed by atoms with Crippen LogP contribution in [-0.4, -0.2) is 61.0 Å². The van der Waals surface area contributed by atoms with E-state index in [9.17, 15) is 4.79 Å². The van der Waals surface area contributed by atoms with Gasteiger partial charge in [-0.1, -0.05) is 13.8 Å². The molecular formula is C26H33N7OS. The molecule has 2 N–H and O–H groups in total. The number of piperazine rings is 1. The highest BCUT2D eigenvalue weighted by molar-refractivity contribution is 7.18. The molecule has 0 radical (unpaired) electrons. The summed E-state index contributed by atoms with van der Waals surface area (Å²) >= 11 is 1.82. The predicted octanol–water partition coefficient (Wildman–Crippen LogP) is 4.53. The van der Waals surface area contributed by atoms with Crippen molar-refractivity contribution in [2.75, 3.05) is 19.6 Å². The number of hydrogen-bond donors (Lipinski definition) is 2. The van der Waals surface area contributed by atoms with Gasteiger partial charge in [0, 0.05) is 42.4 Å². The third-order valence-electron chi connectivity index (χ3n) is 8.01. The highest BCUT2D eigenvalue weighted by Crippen LogP contribution is 2.43. The van der Waals surface area contributed by atoms with Gasteiger partial charge < -0.3 is 10.3 Å². The molecule has 6 rings (SSSR count). The summed E-state index contributed by atoms with van der Waals surface area (Å²) in [6, 6.07) is 0.526. The molecular weight excluding hydrogens is 458 g/mol. The fourth-order valence-corrected chi connectivity index (χ4v) is 7.12. The molecule has 4 aromatic rings. The summed E-state index contributed by atoms with van der Waals surface area (Å²) < 4.78 is 1.87. The minimum Gasteiger partial charge on any atom is -0.354 e. The first-order valence-electron chi connectivity index (χ1n) is 12.7. The van der Waals surface area contributed by atoms with Crippen LogP contribution in [-0.2, 0) is 4.79 Å². The van der Waals surface area contributed by atoms with E-state index in [1.807, 2.05) is 15.9 Å². The van der Waals surface area contributed by atoms with Crippen LogP contribution in [0, 0.1) is 13.8 Å². The van der Waals surface area contributed by atoms with Crippen molar-refractivity contribution >= 4 is 33.2 Å². The highest BCUT2D eigenvalue weighted by Gasteiger charge is 2.31. The van der Waals surface area contributed by atoms with Gasteiger partial charge in [-0.15, -0.1) is 11.3 Å². The molecule has 4 aromatic heterocycles. The molecule has 2 aliphatic rings. The normalized spacial score (nSPS) is 21.9. The second-order valence-electron chi connectivity index (χ2n) is 10.4. The van der Waals surface area contributed by atoms with Crippen LogP contribution in [0.4, 0.5) is 0 Å². The third kappa shape index (κ3) is 3.85. The first kappa shape index (κ1) is 22.7. The molecule has 1 saturated heterocycles. The van der Waals surface area contributed by atoms with E-state index in [2.05, 4.69) is 59.2 Å². The largest absolute Gasteiger partial charge is 0.354 e. The van der Waals surface area contributed by atoms with Crippen LogP contribution in [0.1, 0.15) is 73.1 Å². The van der Waals surface area contributed by atoms with E-state index < -0.39 is 0 Å². The molecule has 1 amide bonds. The average Bonchev–Trinajstić information content (AvgIpc) is 3.55. The van der Waals surface area contributed by atoms with Crippen molar-refractivity contribution < 1.29 is 4.79 Å². The number of aromatic amines is 1. The smallest absolute Gasteiger partial charge is 0.234 e. The summed E-state index contributed by atoms with van der Waals surface area (Å²) in [6.45, 7) is 11.1. The zero-order valence-electron chi connectivity index (χ0n) is 20.9. The van der Waals surface area contributed by atoms with Gasteiger partial charge in [0.2, 0.25) is 5.91 Å². The molecule has 5 heterocycles. The van der Waals surface area contributed by atoms with E-state index in [-0.39, 0.29) is 5.91 Å². The third-order valence-corrected chi connectivity index (χ3v) is 9.14. The second kappa shape index (κ2) is 8.71. The summed E-state index contributed by atoms with van der Waals surface area (Å²) in [5.74, 6) is 1.02. The summed E-state index contributed by atoms with van der Waals surface area (Å²) in [5.41, 5.74) is 8.04. The minimum absolute atomic E-state index is 0.165. The lowest BCUT2D eigenvalue weighted by Crippen LogP contribution is -2.52. The maximum Gasteiger partial charge on any atom is 0.234 e. The maximum absolute atomic E-state index is 11.8. The Balaban J connectivity index is 1.29. The molecule has 1 aliphatic carbocycles. The van der Waals surface area contributed by atoms with E-state index in [0.717, 1.165) is 61.2 Å². The Hall–Kier alpha value is -2.78. The van der Waals surface area contributed by atoms with Gasteiger partial charge in [0.1, 0.15) is 16.7 Å². The van der Waals surface area contributed by atoms with Crippen LogP contribution in [0.5, 0.6) is 0 Å². The number of thiazole rings is 1. The molecule has 0 bridgehead atoms. The van der Waals surface area contributed by atoms with Gasteiger partial charge in [0.05, 0.1) is 17.2 Å². The van der Waals surface area contributed by atoms with Crippen LogP contribution in [0.25, 0.3) is 27.3 Å². The van der Waals surface area contributed by atoms with Gasteiger partial charge in [0.15, 0.2) is 5.65 Å². The molecule has 1 saturated carbocycles. The van der Waals surface area contributed by atoms with Gasteiger partial charge in [-0.25, -0.2) is 14.5 Å². The predicted molar refractivity (Wildman–Crippen MR) is 139 cm³/mol. The maximum atomic E-state index is 11.8. The highest BCUT2D eigenvalue weighted by atomic mass is 32.1. The molecule has 0 spiro atoms. The average molecular weight is 492 g/mol. The van der Waals surface area contributed by atoms with E-state index in [4.69, 9.17) is 4.98 Å². The summed E-state index contributed by atoms with van der Waals surface area (Å²) in [4.78, 5) is 28.8. The lowest BCUT2D eigenvalue weighted by molar-refractivity contribution is -0.125. The van der Waals surface area contributed by atoms with Crippen LogP contribution in [0.3, 0.4) is 0 Å². The Labute approximate surface area is 209 Å². The molecule has 35 heavy (non-hydrogen) atoms. The molecule has 0 unspecified atom stereocenters. The molecule has 0 aromatic carbocycles. The monoisotopic (exact) mass is 491 g/mol. The van der Waals surface area contributed by atoms with Crippen molar-refractivity contribution in [2.24, 2.45) is 0 Å². The topological polar surface area (TPSA) is 91.2 Å². The molecule has 0 atom stereocenters. The van der Waals surface area contributed by atoms with E-state index in [0.29, 0.717) is 24.4 Å². The van der Waals surface area contributed by atoms with Gasteiger partial charge in [-0.3, -0.25) is 9.69 Å². The number of nitrogens with one attached hydrogen (secondary N) is 2. The van der Waals surface area contributed by atoms with Crippen molar-refractivity contribution in [1.82, 2.24) is 34.8 Å². The number of carbonyl (C=O) groups excluding carboxylic acids is 1. The number of amides is 1. The van der Waals surface area contributed by atoms with E-state index in [1.54, 1.807) is 6.33 Å². The number of pyridine rings is 1. The van der Waals surface area contributed by atoms with E-state index >= 15 is 0 Å². The van der Waals surface area contributed by atoms with Gasteiger partial charge in [-0.05, 0) is 56.6 Å².